The zero-order valence-electron chi connectivity index (χ0n) is 17.0. The molecule has 0 bridgehead atoms. The SMILES string of the molecule is c1ccc(C(OCC23CCCN2CCC3)(c2ccccc2)c2ccccc2)cc1. The van der Waals surface area contributed by atoms with Gasteiger partial charge in [-0.15, -0.1) is 0 Å². The molecule has 3 aromatic carbocycles. The molecule has 2 aliphatic rings. The lowest BCUT2D eigenvalue weighted by atomic mass is 9.79. The summed E-state index contributed by atoms with van der Waals surface area (Å²) in [6, 6.07) is 32.2. The second kappa shape index (κ2) is 7.78. The first-order valence-corrected chi connectivity index (χ1v) is 10.9. The molecule has 29 heavy (non-hydrogen) atoms. The first-order valence-electron chi connectivity index (χ1n) is 10.9. The van der Waals surface area contributed by atoms with Gasteiger partial charge in [0, 0.05) is 5.54 Å². The fourth-order valence-electron chi connectivity index (χ4n) is 5.47. The van der Waals surface area contributed by atoms with Crippen molar-refractivity contribution < 1.29 is 4.74 Å². The summed E-state index contributed by atoms with van der Waals surface area (Å²) >= 11 is 0. The number of rotatable bonds is 6. The molecule has 2 aliphatic heterocycles. The third kappa shape index (κ3) is 3.21. The Morgan fingerprint density at radius 1 is 0.655 bits per heavy atom. The van der Waals surface area contributed by atoms with Crippen molar-refractivity contribution in [3.63, 3.8) is 0 Å². The highest BCUT2D eigenvalue weighted by atomic mass is 16.5. The van der Waals surface area contributed by atoms with Gasteiger partial charge in [-0.25, -0.2) is 0 Å². The van der Waals surface area contributed by atoms with Gasteiger partial charge in [-0.2, -0.15) is 0 Å². The van der Waals surface area contributed by atoms with E-state index in [4.69, 9.17) is 4.74 Å². The predicted octanol–water partition coefficient (Wildman–Crippen LogP) is 5.62. The predicted molar refractivity (Wildman–Crippen MR) is 118 cm³/mol. The van der Waals surface area contributed by atoms with Crippen molar-refractivity contribution in [3.05, 3.63) is 108 Å². The van der Waals surface area contributed by atoms with Crippen LogP contribution in [0.15, 0.2) is 91.0 Å². The maximum absolute atomic E-state index is 7.13. The number of nitrogens with zero attached hydrogens (tertiary/aromatic N) is 1. The van der Waals surface area contributed by atoms with E-state index in [1.54, 1.807) is 0 Å². The van der Waals surface area contributed by atoms with E-state index in [1.165, 1.54) is 55.5 Å². The standard InChI is InChI=1S/C27H29NO/c1-4-12-23(13-5-1)27(24-14-6-2-7-15-24,25-16-8-3-9-17-25)29-22-26-18-10-20-28(26)21-11-19-26/h1-9,12-17H,10-11,18-22H2. The van der Waals surface area contributed by atoms with Gasteiger partial charge in [-0.3, -0.25) is 4.90 Å². The summed E-state index contributed by atoms with van der Waals surface area (Å²) in [7, 11) is 0. The van der Waals surface area contributed by atoms with Crippen molar-refractivity contribution in [1.82, 2.24) is 4.90 Å². The molecule has 3 aromatic rings. The van der Waals surface area contributed by atoms with E-state index >= 15 is 0 Å². The smallest absolute Gasteiger partial charge is 0.143 e. The van der Waals surface area contributed by atoms with E-state index in [1.807, 2.05) is 0 Å². The molecular formula is C27H29NO. The molecule has 0 N–H and O–H groups in total. The van der Waals surface area contributed by atoms with Crippen LogP contribution in [-0.2, 0) is 10.3 Å². The molecule has 148 valence electrons. The molecule has 2 fully saturated rings. The van der Waals surface area contributed by atoms with Gasteiger partial charge in [0.2, 0.25) is 0 Å². The lowest BCUT2D eigenvalue weighted by molar-refractivity contribution is -0.0416. The van der Waals surface area contributed by atoms with E-state index in [0.29, 0.717) is 0 Å². The fourth-order valence-corrected chi connectivity index (χ4v) is 5.47. The minimum Gasteiger partial charge on any atom is -0.359 e. The summed E-state index contributed by atoms with van der Waals surface area (Å²) in [6.07, 6.45) is 5.08. The molecule has 2 nitrogen and oxygen atoms in total. The van der Waals surface area contributed by atoms with Crippen molar-refractivity contribution in [2.75, 3.05) is 19.7 Å². The van der Waals surface area contributed by atoms with Crippen molar-refractivity contribution in [3.8, 4) is 0 Å². The summed E-state index contributed by atoms with van der Waals surface area (Å²) in [5.41, 5.74) is 3.18. The molecule has 0 spiro atoms. The van der Waals surface area contributed by atoms with Crippen molar-refractivity contribution >= 4 is 0 Å². The number of hydrogen-bond acceptors (Lipinski definition) is 2. The monoisotopic (exact) mass is 383 g/mol. The Morgan fingerprint density at radius 3 is 1.48 bits per heavy atom. The van der Waals surface area contributed by atoms with Crippen LogP contribution >= 0.6 is 0 Å². The average Bonchev–Trinajstić information content (AvgIpc) is 3.37. The molecule has 0 amide bonds. The second-order valence-electron chi connectivity index (χ2n) is 8.49. The molecule has 0 aliphatic carbocycles. The Bertz CT molecular complexity index is 816. The Kier molecular flexibility index (Phi) is 4.99. The van der Waals surface area contributed by atoms with Gasteiger partial charge in [0.25, 0.3) is 0 Å². The first kappa shape index (κ1) is 18.6. The zero-order valence-corrected chi connectivity index (χ0v) is 17.0. The summed E-state index contributed by atoms with van der Waals surface area (Å²) in [6.45, 7) is 3.21. The topological polar surface area (TPSA) is 12.5 Å². The summed E-state index contributed by atoms with van der Waals surface area (Å²) in [4.78, 5) is 2.68. The number of hydrogen-bond donors (Lipinski definition) is 0. The molecular weight excluding hydrogens is 354 g/mol. The minimum atomic E-state index is -0.602. The highest BCUT2D eigenvalue weighted by Gasteiger charge is 2.47. The Balaban J connectivity index is 1.64. The lowest BCUT2D eigenvalue weighted by Crippen LogP contribution is -2.46. The Hall–Kier alpha value is -2.42. The third-order valence-corrected chi connectivity index (χ3v) is 6.91. The first-order chi connectivity index (χ1) is 14.3. The summed E-state index contributed by atoms with van der Waals surface area (Å²) in [5.74, 6) is 0. The van der Waals surface area contributed by atoms with Crippen LogP contribution in [-0.4, -0.2) is 30.1 Å². The van der Waals surface area contributed by atoms with Crippen molar-refractivity contribution in [1.29, 1.82) is 0 Å². The molecule has 0 saturated carbocycles. The zero-order chi connectivity index (χ0) is 19.6. The number of benzene rings is 3. The molecule has 2 heteroatoms. The van der Waals surface area contributed by atoms with Gasteiger partial charge in [0.1, 0.15) is 5.60 Å². The molecule has 0 radical (unpaired) electrons. The highest BCUT2D eigenvalue weighted by molar-refractivity contribution is 5.47. The Morgan fingerprint density at radius 2 is 1.07 bits per heavy atom. The van der Waals surface area contributed by atoms with Crippen LogP contribution in [0.25, 0.3) is 0 Å². The Labute approximate surface area is 174 Å². The van der Waals surface area contributed by atoms with Crippen LogP contribution in [0, 0.1) is 0 Å². The number of ether oxygens (including phenoxy) is 1. The maximum Gasteiger partial charge on any atom is 0.143 e. The van der Waals surface area contributed by atoms with Crippen LogP contribution in [0.5, 0.6) is 0 Å². The van der Waals surface area contributed by atoms with Crippen molar-refractivity contribution in [2.45, 2.75) is 36.8 Å². The average molecular weight is 384 g/mol. The minimum absolute atomic E-state index is 0.212. The van der Waals surface area contributed by atoms with E-state index in [-0.39, 0.29) is 5.54 Å². The quantitative estimate of drug-likeness (QED) is 0.512. The van der Waals surface area contributed by atoms with E-state index in [2.05, 4.69) is 95.9 Å². The van der Waals surface area contributed by atoms with Gasteiger partial charge < -0.3 is 4.74 Å². The van der Waals surface area contributed by atoms with Crippen molar-refractivity contribution in [2.24, 2.45) is 0 Å². The van der Waals surface area contributed by atoms with Crippen LogP contribution in [0.1, 0.15) is 42.4 Å². The van der Waals surface area contributed by atoms with Gasteiger partial charge in [-0.1, -0.05) is 91.0 Å². The summed E-state index contributed by atoms with van der Waals surface area (Å²) < 4.78 is 7.13. The number of fused-ring (bicyclic) bond motifs is 1. The van der Waals surface area contributed by atoms with Crippen LogP contribution in [0.3, 0.4) is 0 Å². The van der Waals surface area contributed by atoms with Gasteiger partial charge in [0.05, 0.1) is 6.61 Å². The second-order valence-corrected chi connectivity index (χ2v) is 8.49. The van der Waals surface area contributed by atoms with E-state index < -0.39 is 5.60 Å². The van der Waals surface area contributed by atoms with E-state index in [9.17, 15) is 0 Å². The molecule has 0 atom stereocenters. The molecule has 2 saturated heterocycles. The molecule has 2 heterocycles. The molecule has 5 rings (SSSR count). The fraction of sp³-hybridized carbons (Fsp3) is 0.333. The summed E-state index contributed by atoms with van der Waals surface area (Å²) in [5, 5.41) is 0. The van der Waals surface area contributed by atoms with E-state index in [0.717, 1.165) is 6.61 Å². The van der Waals surface area contributed by atoms with Crippen LogP contribution < -0.4 is 0 Å². The lowest BCUT2D eigenvalue weighted by Gasteiger charge is -2.40. The van der Waals surface area contributed by atoms with Gasteiger partial charge in [-0.05, 0) is 55.5 Å². The van der Waals surface area contributed by atoms with Crippen LogP contribution in [0.4, 0.5) is 0 Å². The van der Waals surface area contributed by atoms with Crippen LogP contribution in [0.2, 0.25) is 0 Å². The van der Waals surface area contributed by atoms with Gasteiger partial charge in [0.15, 0.2) is 0 Å². The molecule has 0 unspecified atom stereocenters. The third-order valence-electron chi connectivity index (χ3n) is 6.91. The normalized spacial score (nSPS) is 18.6. The molecule has 0 aromatic heterocycles. The maximum atomic E-state index is 7.13. The van der Waals surface area contributed by atoms with Gasteiger partial charge >= 0.3 is 0 Å². The highest BCUT2D eigenvalue weighted by Crippen LogP contribution is 2.45. The largest absolute Gasteiger partial charge is 0.359 e.